The fourth-order valence-electron chi connectivity index (χ4n) is 0.267. The van der Waals surface area contributed by atoms with Crippen LogP contribution < -0.4 is 0 Å². The van der Waals surface area contributed by atoms with Gasteiger partial charge < -0.3 is 0 Å². The molecule has 7 heavy (non-hydrogen) atoms. The van der Waals surface area contributed by atoms with Crippen LogP contribution in [0, 0.1) is 0 Å². The van der Waals surface area contributed by atoms with Gasteiger partial charge in [-0.1, -0.05) is 0 Å². The molecular weight excluding hydrogens is 273 g/mol. The van der Waals surface area contributed by atoms with Gasteiger partial charge in [-0.25, -0.2) is 4.98 Å². The summed E-state index contributed by atoms with van der Waals surface area (Å²) in [6, 6.07) is 0. The van der Waals surface area contributed by atoms with E-state index in [2.05, 4.69) is 10.1 Å². The fourth-order valence-corrected chi connectivity index (χ4v) is 0.267. The molecule has 1 aromatic rings. The zero-order valence-corrected chi connectivity index (χ0v) is 6.08. The summed E-state index contributed by atoms with van der Waals surface area (Å²) in [5.41, 5.74) is 0. The van der Waals surface area contributed by atoms with Crippen LogP contribution in [0.15, 0.2) is 12.7 Å². The largest absolute Gasteiger partial charge is 0.256 e. The summed E-state index contributed by atoms with van der Waals surface area (Å²) in [6.07, 6.45) is 3.14. The molecule has 0 amide bonds. The van der Waals surface area contributed by atoms with Crippen molar-refractivity contribution in [1.82, 2.24) is 14.8 Å². The minimum Gasteiger partial charge on any atom is -0.256 e. The van der Waals surface area contributed by atoms with E-state index < -0.39 is 0 Å². The Kier molecular flexibility index (Phi) is 2.84. The Bertz CT molecular complexity index is 114. The Hall–Kier alpha value is -0.172. The summed E-state index contributed by atoms with van der Waals surface area (Å²) in [7, 11) is 1.83. The van der Waals surface area contributed by atoms with Crippen LogP contribution in [0.1, 0.15) is 0 Å². The van der Waals surface area contributed by atoms with E-state index in [0.717, 1.165) is 0 Å². The van der Waals surface area contributed by atoms with Gasteiger partial charge in [0, 0.05) is 28.1 Å². The molecule has 0 spiro atoms. The second-order valence-corrected chi connectivity index (χ2v) is 1.07. The number of hydrogen-bond donors (Lipinski definition) is 0. The van der Waals surface area contributed by atoms with Gasteiger partial charge in [0.1, 0.15) is 12.7 Å². The molecule has 0 atom stereocenters. The standard InChI is InChI=1S/C3H5N3.Pt/c1-6-3-4-2-5-6;/h2-3H,1H3;. The van der Waals surface area contributed by atoms with Crippen molar-refractivity contribution in [3.8, 4) is 0 Å². The molecule has 4 heteroatoms. The Morgan fingerprint density at radius 3 is 2.43 bits per heavy atom. The molecule has 0 bridgehead atoms. The van der Waals surface area contributed by atoms with Crippen molar-refractivity contribution in [2.75, 3.05) is 0 Å². The number of hydrogen-bond acceptors (Lipinski definition) is 2. The second kappa shape index (κ2) is 2.91. The summed E-state index contributed by atoms with van der Waals surface area (Å²) in [5.74, 6) is 0. The first kappa shape index (κ1) is 6.83. The van der Waals surface area contributed by atoms with Gasteiger partial charge in [0.25, 0.3) is 0 Å². The Morgan fingerprint density at radius 1 is 1.57 bits per heavy atom. The van der Waals surface area contributed by atoms with Crippen LogP contribution in [0.4, 0.5) is 0 Å². The molecule has 1 rings (SSSR count). The summed E-state index contributed by atoms with van der Waals surface area (Å²) in [4.78, 5) is 3.67. The van der Waals surface area contributed by atoms with Crippen LogP contribution in [0.2, 0.25) is 0 Å². The molecule has 1 aromatic heterocycles. The maximum atomic E-state index is 3.72. The van der Waals surface area contributed by atoms with Gasteiger partial charge in [-0.2, -0.15) is 5.10 Å². The number of aryl methyl sites for hydroxylation is 1. The third kappa shape index (κ3) is 1.83. The molecule has 0 aliphatic heterocycles. The van der Waals surface area contributed by atoms with Crippen molar-refractivity contribution in [2.45, 2.75) is 0 Å². The first-order chi connectivity index (χ1) is 2.89. The normalized spacial score (nSPS) is 7.57. The number of aromatic nitrogens is 3. The number of nitrogens with zero attached hydrogens (tertiary/aromatic N) is 3. The van der Waals surface area contributed by atoms with Crippen LogP contribution in [-0.2, 0) is 28.1 Å². The van der Waals surface area contributed by atoms with Crippen LogP contribution in [0.3, 0.4) is 0 Å². The van der Waals surface area contributed by atoms with Crippen LogP contribution in [-0.4, -0.2) is 14.8 Å². The van der Waals surface area contributed by atoms with Gasteiger partial charge in [-0.3, -0.25) is 4.68 Å². The minimum atomic E-state index is 0. The molecule has 3 nitrogen and oxygen atoms in total. The number of rotatable bonds is 0. The average Bonchev–Trinajstić information content (AvgIpc) is 1.86. The molecule has 0 aliphatic carbocycles. The molecule has 0 aromatic carbocycles. The van der Waals surface area contributed by atoms with E-state index >= 15 is 0 Å². The van der Waals surface area contributed by atoms with Gasteiger partial charge in [-0.15, -0.1) is 0 Å². The van der Waals surface area contributed by atoms with Crippen LogP contribution >= 0.6 is 0 Å². The van der Waals surface area contributed by atoms with E-state index in [0.29, 0.717) is 0 Å². The van der Waals surface area contributed by atoms with Crippen molar-refractivity contribution in [1.29, 1.82) is 0 Å². The minimum absolute atomic E-state index is 0. The van der Waals surface area contributed by atoms with Gasteiger partial charge in [0.2, 0.25) is 0 Å². The second-order valence-electron chi connectivity index (χ2n) is 1.07. The van der Waals surface area contributed by atoms with Crippen molar-refractivity contribution >= 4 is 0 Å². The van der Waals surface area contributed by atoms with Gasteiger partial charge >= 0.3 is 0 Å². The van der Waals surface area contributed by atoms with Crippen LogP contribution in [0.25, 0.3) is 0 Å². The smallest absolute Gasteiger partial charge is 0.137 e. The summed E-state index contributed by atoms with van der Waals surface area (Å²) in [5, 5.41) is 3.72. The van der Waals surface area contributed by atoms with Gasteiger partial charge in [0.15, 0.2) is 0 Å². The third-order valence-electron chi connectivity index (χ3n) is 0.534. The third-order valence-corrected chi connectivity index (χ3v) is 0.534. The maximum Gasteiger partial charge on any atom is 0.137 e. The van der Waals surface area contributed by atoms with E-state index in [1.54, 1.807) is 11.0 Å². The topological polar surface area (TPSA) is 30.7 Å². The van der Waals surface area contributed by atoms with Gasteiger partial charge in [0.05, 0.1) is 0 Å². The monoisotopic (exact) mass is 278 g/mol. The molecule has 0 fully saturated rings. The maximum absolute atomic E-state index is 3.72. The first-order valence-electron chi connectivity index (χ1n) is 1.68. The molecule has 0 saturated carbocycles. The molecule has 0 aliphatic rings. The van der Waals surface area contributed by atoms with Crippen molar-refractivity contribution < 1.29 is 21.1 Å². The van der Waals surface area contributed by atoms with Crippen molar-refractivity contribution in [2.24, 2.45) is 7.05 Å². The molecule has 1 heterocycles. The zero-order valence-electron chi connectivity index (χ0n) is 3.81. The molecular formula is C3H5N3Pt. The Labute approximate surface area is 56.0 Å². The van der Waals surface area contributed by atoms with E-state index in [-0.39, 0.29) is 21.1 Å². The molecule has 42 valence electrons. The van der Waals surface area contributed by atoms with E-state index in [9.17, 15) is 0 Å². The summed E-state index contributed by atoms with van der Waals surface area (Å²) >= 11 is 0. The molecule has 0 unspecified atom stereocenters. The SMILES string of the molecule is Cn1cncn1.[Pt]. The molecule has 0 N–H and O–H groups in total. The average molecular weight is 278 g/mol. The predicted molar refractivity (Wildman–Crippen MR) is 21.0 cm³/mol. The molecule has 0 radical (unpaired) electrons. The summed E-state index contributed by atoms with van der Waals surface area (Å²) in [6.45, 7) is 0. The quantitative estimate of drug-likeness (QED) is 0.659. The van der Waals surface area contributed by atoms with Crippen molar-refractivity contribution in [3.05, 3.63) is 12.7 Å². The van der Waals surface area contributed by atoms with Gasteiger partial charge in [-0.05, 0) is 0 Å². The van der Waals surface area contributed by atoms with E-state index in [4.69, 9.17) is 0 Å². The molecule has 0 saturated heterocycles. The van der Waals surface area contributed by atoms with E-state index in [1.165, 1.54) is 6.33 Å². The Balaban J connectivity index is 0.000000360. The fraction of sp³-hybridized carbons (Fsp3) is 0.333. The zero-order chi connectivity index (χ0) is 4.41. The van der Waals surface area contributed by atoms with Crippen molar-refractivity contribution in [3.63, 3.8) is 0 Å². The predicted octanol–water partition coefficient (Wildman–Crippen LogP) is -0.187. The summed E-state index contributed by atoms with van der Waals surface area (Å²) < 4.78 is 1.64. The first-order valence-corrected chi connectivity index (χ1v) is 1.68. The van der Waals surface area contributed by atoms with Crippen LogP contribution in [0.5, 0.6) is 0 Å². The Morgan fingerprint density at radius 2 is 2.29 bits per heavy atom. The van der Waals surface area contributed by atoms with E-state index in [1.807, 2.05) is 7.05 Å².